The first-order valence-electron chi connectivity index (χ1n) is 12.0. The zero-order valence-corrected chi connectivity index (χ0v) is 20.8. The molecule has 35 heavy (non-hydrogen) atoms. The largest absolute Gasteiger partial charge is 0.462 e. The maximum atomic E-state index is 13.3. The molecule has 11 heteroatoms. The number of nitro groups is 1. The Morgan fingerprint density at radius 3 is 2.34 bits per heavy atom. The van der Waals surface area contributed by atoms with Crippen molar-refractivity contribution in [2.45, 2.75) is 64.8 Å². The first-order valence-corrected chi connectivity index (χ1v) is 12.8. The van der Waals surface area contributed by atoms with E-state index in [1.165, 1.54) is 32.4 Å². The normalized spacial score (nSPS) is 26.5. The van der Waals surface area contributed by atoms with Gasteiger partial charge in [0.25, 0.3) is 5.91 Å². The van der Waals surface area contributed by atoms with Gasteiger partial charge in [-0.05, 0) is 82.6 Å². The molecule has 186 valence electrons. The minimum atomic E-state index is -0.790. The maximum absolute atomic E-state index is 13.3. The van der Waals surface area contributed by atoms with Crippen molar-refractivity contribution in [3.05, 3.63) is 38.0 Å². The lowest BCUT2D eigenvalue weighted by Crippen LogP contribution is -2.52. The number of anilines is 1. The molecule has 0 radical (unpaired) electrons. The molecule has 2 aromatic heterocycles. The molecule has 0 aromatic carbocycles. The third kappa shape index (κ3) is 3.95. The van der Waals surface area contributed by atoms with Gasteiger partial charge < -0.3 is 10.1 Å². The van der Waals surface area contributed by atoms with Gasteiger partial charge >= 0.3 is 11.7 Å². The van der Waals surface area contributed by atoms with E-state index in [0.29, 0.717) is 28.2 Å². The Labute approximate surface area is 206 Å². The fourth-order valence-corrected chi connectivity index (χ4v) is 7.88. The van der Waals surface area contributed by atoms with E-state index in [9.17, 15) is 24.5 Å². The van der Waals surface area contributed by atoms with Crippen LogP contribution in [0.5, 0.6) is 0 Å². The number of ether oxygens (including phenoxy) is 1. The molecule has 2 heterocycles. The topological polar surface area (TPSA) is 133 Å². The van der Waals surface area contributed by atoms with Crippen LogP contribution in [-0.4, -0.2) is 39.0 Å². The second-order valence-electron chi connectivity index (χ2n) is 10.2. The van der Waals surface area contributed by atoms with Crippen molar-refractivity contribution in [3.63, 3.8) is 0 Å². The number of hydrogen-bond acceptors (Lipinski definition) is 8. The summed E-state index contributed by atoms with van der Waals surface area (Å²) in [5, 5.41) is 19.1. The van der Waals surface area contributed by atoms with E-state index >= 15 is 0 Å². The fourth-order valence-electron chi connectivity index (χ4n) is 6.80. The summed E-state index contributed by atoms with van der Waals surface area (Å²) >= 11 is 0.953. The quantitative estimate of drug-likeness (QED) is 0.252. The predicted octanol–water partition coefficient (Wildman–Crippen LogP) is 4.72. The molecule has 0 unspecified atom stereocenters. The molecular weight excluding hydrogens is 472 g/mol. The van der Waals surface area contributed by atoms with Gasteiger partial charge in [-0.15, -0.1) is 11.3 Å². The fraction of sp³-hybridized carbons (Fsp3) is 0.583. The molecule has 4 saturated carbocycles. The van der Waals surface area contributed by atoms with Crippen LogP contribution in [0.1, 0.15) is 88.5 Å². The SMILES string of the molecule is CCOC(=O)c1c(NC(=O)c2nn(C34CC5CC(CC(C5)C3)C4)cc2[N+](=O)[O-])sc(C(C)=O)c1C. The van der Waals surface area contributed by atoms with Gasteiger partial charge in [0.15, 0.2) is 5.78 Å². The van der Waals surface area contributed by atoms with Crippen LogP contribution in [0.3, 0.4) is 0 Å². The first-order chi connectivity index (χ1) is 16.6. The number of carbonyl (C=O) groups excluding carboxylic acids is 3. The molecule has 4 fully saturated rings. The third-order valence-electron chi connectivity index (χ3n) is 7.77. The number of carbonyl (C=O) groups is 3. The number of hydrogen-bond donors (Lipinski definition) is 1. The average Bonchev–Trinajstić information content (AvgIpc) is 3.36. The lowest BCUT2D eigenvalue weighted by atomic mass is 9.53. The summed E-state index contributed by atoms with van der Waals surface area (Å²) in [5.41, 5.74) is -0.453. The molecule has 0 spiro atoms. The molecule has 2 aromatic rings. The Hall–Kier alpha value is -3.08. The lowest BCUT2D eigenvalue weighted by molar-refractivity contribution is -0.385. The van der Waals surface area contributed by atoms with Crippen LogP contribution in [0.2, 0.25) is 0 Å². The molecule has 1 N–H and O–H groups in total. The van der Waals surface area contributed by atoms with E-state index < -0.39 is 16.8 Å². The molecule has 4 aliphatic carbocycles. The van der Waals surface area contributed by atoms with Gasteiger partial charge in [0.05, 0.1) is 27.5 Å². The summed E-state index contributed by atoms with van der Waals surface area (Å²) < 4.78 is 6.79. The van der Waals surface area contributed by atoms with Gasteiger partial charge in [0.2, 0.25) is 5.69 Å². The maximum Gasteiger partial charge on any atom is 0.341 e. The summed E-state index contributed by atoms with van der Waals surface area (Å²) in [6.45, 7) is 4.76. The summed E-state index contributed by atoms with van der Waals surface area (Å²) in [6.07, 6.45) is 7.82. The molecule has 6 rings (SSSR count). The second kappa shape index (κ2) is 8.54. The summed E-state index contributed by atoms with van der Waals surface area (Å²) in [7, 11) is 0. The van der Waals surface area contributed by atoms with Gasteiger partial charge in [-0.25, -0.2) is 4.79 Å². The molecule has 1 amide bonds. The van der Waals surface area contributed by atoms with Crippen molar-refractivity contribution < 1.29 is 24.0 Å². The molecule has 4 aliphatic rings. The van der Waals surface area contributed by atoms with E-state index in [1.54, 1.807) is 18.5 Å². The van der Waals surface area contributed by atoms with Crippen molar-refractivity contribution >= 4 is 39.7 Å². The second-order valence-corrected chi connectivity index (χ2v) is 11.2. The van der Waals surface area contributed by atoms with Crippen LogP contribution in [0.4, 0.5) is 10.7 Å². The van der Waals surface area contributed by atoms with Gasteiger partial charge in [0, 0.05) is 0 Å². The molecule has 10 nitrogen and oxygen atoms in total. The molecule has 4 bridgehead atoms. The first kappa shape index (κ1) is 23.7. The van der Waals surface area contributed by atoms with Crippen LogP contribution >= 0.6 is 11.3 Å². The van der Waals surface area contributed by atoms with E-state index in [-0.39, 0.29) is 39.9 Å². The zero-order valence-electron chi connectivity index (χ0n) is 20.0. The van der Waals surface area contributed by atoms with Crippen molar-refractivity contribution in [3.8, 4) is 0 Å². The van der Waals surface area contributed by atoms with Gasteiger partial charge in [-0.1, -0.05) is 0 Å². The van der Waals surface area contributed by atoms with E-state index in [2.05, 4.69) is 10.4 Å². The van der Waals surface area contributed by atoms with Crippen molar-refractivity contribution in [1.82, 2.24) is 9.78 Å². The Morgan fingerprint density at radius 1 is 1.23 bits per heavy atom. The highest BCUT2D eigenvalue weighted by Gasteiger charge is 2.53. The lowest BCUT2D eigenvalue weighted by Gasteiger charge is -2.56. The Morgan fingerprint density at radius 2 is 1.83 bits per heavy atom. The molecular formula is C24H28N4O6S. The Balaban J connectivity index is 1.50. The van der Waals surface area contributed by atoms with E-state index in [4.69, 9.17) is 4.74 Å². The Bertz CT molecular complexity index is 1210. The highest BCUT2D eigenvalue weighted by Crippen LogP contribution is 2.58. The number of ketones is 1. The van der Waals surface area contributed by atoms with Crippen LogP contribution in [0.25, 0.3) is 0 Å². The predicted molar refractivity (Wildman–Crippen MR) is 128 cm³/mol. The van der Waals surface area contributed by atoms with Gasteiger partial charge in [0.1, 0.15) is 11.2 Å². The number of thiophene rings is 1. The number of nitrogens with zero attached hydrogens (tertiary/aromatic N) is 3. The molecule has 0 atom stereocenters. The van der Waals surface area contributed by atoms with Crippen molar-refractivity contribution in [2.24, 2.45) is 17.8 Å². The zero-order chi connectivity index (χ0) is 25.1. The number of amides is 1. The monoisotopic (exact) mass is 500 g/mol. The minimum absolute atomic E-state index is 0.0820. The van der Waals surface area contributed by atoms with Gasteiger partial charge in [-0.2, -0.15) is 5.10 Å². The molecule has 0 saturated heterocycles. The third-order valence-corrected chi connectivity index (χ3v) is 9.08. The van der Waals surface area contributed by atoms with Crippen LogP contribution in [0.15, 0.2) is 6.20 Å². The van der Waals surface area contributed by atoms with Crippen LogP contribution < -0.4 is 5.32 Å². The minimum Gasteiger partial charge on any atom is -0.462 e. The number of aromatic nitrogens is 2. The number of Topliss-reactive ketones (excluding diaryl/α,β-unsaturated/α-hetero) is 1. The number of nitrogens with one attached hydrogen (secondary N) is 1. The summed E-state index contributed by atoms with van der Waals surface area (Å²) in [6, 6.07) is 0. The van der Waals surface area contributed by atoms with Crippen molar-refractivity contribution in [1.29, 1.82) is 0 Å². The highest BCUT2D eigenvalue weighted by atomic mass is 32.1. The Kier molecular flexibility index (Phi) is 5.77. The molecule has 0 aliphatic heterocycles. The van der Waals surface area contributed by atoms with Crippen LogP contribution in [0, 0.1) is 34.8 Å². The number of rotatable bonds is 7. The van der Waals surface area contributed by atoms with Crippen LogP contribution in [-0.2, 0) is 10.3 Å². The van der Waals surface area contributed by atoms with Gasteiger partial charge in [-0.3, -0.25) is 24.4 Å². The summed E-state index contributed by atoms with van der Waals surface area (Å²) in [5.74, 6) is 0.101. The van der Waals surface area contributed by atoms with E-state index in [1.807, 2.05) is 0 Å². The number of esters is 1. The average molecular weight is 501 g/mol. The van der Waals surface area contributed by atoms with Crippen molar-refractivity contribution in [2.75, 3.05) is 11.9 Å². The summed E-state index contributed by atoms with van der Waals surface area (Å²) in [4.78, 5) is 49.5. The standard InChI is InChI=1S/C24H28N4O6S/c1-4-34-23(31)18-12(2)20(13(3)29)35-22(18)25-21(30)19-17(28(32)33)11-27(26-19)24-8-14-5-15(9-24)7-16(6-14)10-24/h11,14-16H,4-10H2,1-3H3,(H,25,30). The smallest absolute Gasteiger partial charge is 0.341 e. The highest BCUT2D eigenvalue weighted by molar-refractivity contribution is 7.18. The van der Waals surface area contributed by atoms with E-state index in [0.717, 1.165) is 30.6 Å².